The topological polar surface area (TPSA) is 30.0 Å². The molecule has 1 heterocycles. The van der Waals surface area contributed by atoms with Crippen molar-refractivity contribution in [2.75, 3.05) is 0 Å². The van der Waals surface area contributed by atoms with E-state index in [4.69, 9.17) is 0 Å². The van der Waals surface area contributed by atoms with Gasteiger partial charge in [0.15, 0.2) is 6.29 Å². The Morgan fingerprint density at radius 1 is 1.46 bits per heavy atom. The Kier molecular flexibility index (Phi) is 3.95. The predicted octanol–water partition coefficient (Wildman–Crippen LogP) is 3.04. The summed E-state index contributed by atoms with van der Waals surface area (Å²) in [5, 5.41) is 0. The van der Waals surface area contributed by atoms with Gasteiger partial charge in [-0.05, 0) is 45.2 Å². The first-order chi connectivity index (χ1) is 6.07. The van der Waals surface area contributed by atoms with Gasteiger partial charge in [-0.25, -0.2) is 8.78 Å². The molecule has 0 aliphatic heterocycles. The molecule has 13 heavy (non-hydrogen) atoms. The second-order valence-corrected chi connectivity index (χ2v) is 4.38. The highest BCUT2D eigenvalue weighted by atomic mass is 127. The summed E-state index contributed by atoms with van der Waals surface area (Å²) in [6, 6.07) is 0. The number of hydrogen-bond donors (Lipinski definition) is 0. The molecule has 0 saturated carbocycles. The van der Waals surface area contributed by atoms with Crippen LogP contribution in [0.4, 0.5) is 8.78 Å². The van der Waals surface area contributed by atoms with Crippen molar-refractivity contribution >= 4 is 51.5 Å². The molecule has 0 spiro atoms. The minimum atomic E-state index is -2.66. The maximum absolute atomic E-state index is 12.4. The predicted molar refractivity (Wildman–Crippen MR) is 60.0 cm³/mol. The van der Waals surface area contributed by atoms with Crippen molar-refractivity contribution < 1.29 is 13.6 Å². The number of hydrogen-bond acceptors (Lipinski definition) is 2. The number of carbonyl (C=O) groups excluding carboxylic acids is 1. The minimum absolute atomic E-state index is 0.181. The summed E-state index contributed by atoms with van der Waals surface area (Å²) in [5.74, 6) is 0. The molecular weight excluding hydrogens is 406 g/mol. The van der Waals surface area contributed by atoms with Gasteiger partial charge >= 0.3 is 0 Å². The summed E-state index contributed by atoms with van der Waals surface area (Å²) < 4.78 is 25.9. The van der Waals surface area contributed by atoms with E-state index in [1.54, 1.807) is 22.6 Å². The highest BCUT2D eigenvalue weighted by Crippen LogP contribution is 2.28. The third-order valence-electron chi connectivity index (χ3n) is 1.37. The van der Waals surface area contributed by atoms with Gasteiger partial charge in [0.1, 0.15) is 5.69 Å². The molecule has 1 rings (SSSR count). The quantitative estimate of drug-likeness (QED) is 0.556. The van der Waals surface area contributed by atoms with E-state index in [0.29, 0.717) is 13.4 Å². The lowest BCUT2D eigenvalue weighted by molar-refractivity contribution is 0.110. The summed E-state index contributed by atoms with van der Waals surface area (Å²) in [4.78, 5) is 14.0. The van der Waals surface area contributed by atoms with Gasteiger partial charge in [0, 0.05) is 13.3 Å². The molecule has 0 saturated heterocycles. The lowest BCUT2D eigenvalue weighted by Gasteiger charge is -2.06. The molecule has 0 radical (unpaired) electrons. The van der Waals surface area contributed by atoms with E-state index >= 15 is 0 Å². The molecule has 0 aliphatic rings. The zero-order chi connectivity index (χ0) is 10.0. The SMILES string of the molecule is O=Cc1ncc(I)c(I)c1C(F)F. The van der Waals surface area contributed by atoms with Crippen molar-refractivity contribution in [1.82, 2.24) is 4.98 Å². The van der Waals surface area contributed by atoms with Crippen molar-refractivity contribution in [3.63, 3.8) is 0 Å². The van der Waals surface area contributed by atoms with Gasteiger partial charge in [0.05, 0.1) is 5.56 Å². The van der Waals surface area contributed by atoms with Crippen molar-refractivity contribution in [1.29, 1.82) is 0 Å². The van der Waals surface area contributed by atoms with Crippen molar-refractivity contribution in [3.8, 4) is 0 Å². The van der Waals surface area contributed by atoms with E-state index in [2.05, 4.69) is 4.98 Å². The van der Waals surface area contributed by atoms with Gasteiger partial charge in [0.2, 0.25) is 0 Å². The number of carbonyl (C=O) groups is 1. The van der Waals surface area contributed by atoms with Crippen LogP contribution >= 0.6 is 45.2 Å². The first kappa shape index (κ1) is 11.2. The van der Waals surface area contributed by atoms with Crippen LogP contribution in [-0.2, 0) is 0 Å². The number of aldehydes is 1. The summed E-state index contributed by atoms with van der Waals surface area (Å²) in [7, 11) is 0. The average Bonchev–Trinajstić information content (AvgIpc) is 2.08. The second-order valence-electron chi connectivity index (χ2n) is 2.14. The molecule has 0 aromatic carbocycles. The maximum Gasteiger partial charge on any atom is 0.267 e. The molecule has 6 heteroatoms. The fourth-order valence-corrected chi connectivity index (χ4v) is 1.88. The standard InChI is InChI=1S/C7H3F2I2NO/c8-7(9)5-4(2-13)12-1-3(10)6(5)11/h1-2,7H. The Morgan fingerprint density at radius 3 is 2.54 bits per heavy atom. The first-order valence-corrected chi connectivity index (χ1v) is 5.31. The number of alkyl halides is 2. The number of aromatic nitrogens is 1. The molecule has 1 aromatic rings. The Bertz CT molecular complexity index is 344. The average molecular weight is 409 g/mol. The van der Waals surface area contributed by atoms with Crippen molar-refractivity contribution in [2.24, 2.45) is 0 Å². The number of nitrogens with zero attached hydrogens (tertiary/aromatic N) is 1. The smallest absolute Gasteiger partial charge is 0.267 e. The van der Waals surface area contributed by atoms with Crippen LogP contribution < -0.4 is 0 Å². The van der Waals surface area contributed by atoms with Crippen LogP contribution in [0, 0.1) is 7.14 Å². The minimum Gasteiger partial charge on any atom is -0.296 e. The van der Waals surface area contributed by atoms with E-state index in [1.165, 1.54) is 6.20 Å². The molecule has 0 bridgehead atoms. The summed E-state index contributed by atoms with van der Waals surface area (Å²) in [6.45, 7) is 0. The number of rotatable bonds is 2. The van der Waals surface area contributed by atoms with Crippen LogP contribution in [-0.4, -0.2) is 11.3 Å². The van der Waals surface area contributed by atoms with E-state index in [9.17, 15) is 13.6 Å². The van der Waals surface area contributed by atoms with Gasteiger partial charge in [-0.3, -0.25) is 9.78 Å². The molecule has 0 unspecified atom stereocenters. The first-order valence-electron chi connectivity index (χ1n) is 3.15. The molecule has 2 nitrogen and oxygen atoms in total. The monoisotopic (exact) mass is 409 g/mol. The zero-order valence-electron chi connectivity index (χ0n) is 6.10. The van der Waals surface area contributed by atoms with Crippen molar-refractivity contribution in [3.05, 3.63) is 24.6 Å². The Balaban J connectivity index is 3.41. The van der Waals surface area contributed by atoms with Gasteiger partial charge in [-0.2, -0.15) is 0 Å². The molecular formula is C7H3F2I2NO. The van der Waals surface area contributed by atoms with E-state index < -0.39 is 6.43 Å². The number of pyridine rings is 1. The lowest BCUT2D eigenvalue weighted by Crippen LogP contribution is -2.02. The highest BCUT2D eigenvalue weighted by Gasteiger charge is 2.19. The maximum atomic E-state index is 12.4. The molecule has 0 amide bonds. The van der Waals surface area contributed by atoms with E-state index in [0.717, 1.165) is 0 Å². The van der Waals surface area contributed by atoms with Crippen LogP contribution in [0.1, 0.15) is 22.5 Å². The molecule has 0 aliphatic carbocycles. The fourth-order valence-electron chi connectivity index (χ4n) is 0.795. The van der Waals surface area contributed by atoms with Gasteiger partial charge in [-0.1, -0.05) is 0 Å². The van der Waals surface area contributed by atoms with E-state index in [-0.39, 0.29) is 11.3 Å². The third-order valence-corrected chi connectivity index (χ3v) is 4.38. The van der Waals surface area contributed by atoms with Crippen molar-refractivity contribution in [2.45, 2.75) is 6.43 Å². The number of halogens is 4. The largest absolute Gasteiger partial charge is 0.296 e. The normalized spacial score (nSPS) is 10.5. The lowest BCUT2D eigenvalue weighted by atomic mass is 10.2. The molecule has 1 aromatic heterocycles. The summed E-state index contributed by atoms with van der Waals surface area (Å²) in [6.07, 6.45) is -0.910. The zero-order valence-corrected chi connectivity index (χ0v) is 10.4. The van der Waals surface area contributed by atoms with Crippen LogP contribution in [0.3, 0.4) is 0 Å². The third kappa shape index (κ3) is 2.33. The van der Waals surface area contributed by atoms with E-state index in [1.807, 2.05) is 22.6 Å². The highest BCUT2D eigenvalue weighted by molar-refractivity contribution is 14.1. The van der Waals surface area contributed by atoms with Gasteiger partial charge in [0.25, 0.3) is 6.43 Å². The van der Waals surface area contributed by atoms with Crippen LogP contribution in [0.5, 0.6) is 0 Å². The van der Waals surface area contributed by atoms with Crippen LogP contribution in [0.2, 0.25) is 0 Å². The molecule has 0 fully saturated rings. The Hall–Kier alpha value is 0.140. The van der Waals surface area contributed by atoms with Crippen LogP contribution in [0.25, 0.3) is 0 Å². The van der Waals surface area contributed by atoms with Gasteiger partial charge in [-0.15, -0.1) is 0 Å². The molecule has 0 N–H and O–H groups in total. The molecule has 70 valence electrons. The Labute approximate surface area is 100 Å². The van der Waals surface area contributed by atoms with Gasteiger partial charge < -0.3 is 0 Å². The van der Waals surface area contributed by atoms with Crippen LogP contribution in [0.15, 0.2) is 6.20 Å². The summed E-state index contributed by atoms with van der Waals surface area (Å²) in [5.41, 5.74) is -0.456. The second kappa shape index (κ2) is 4.58. The molecule has 0 atom stereocenters. The Morgan fingerprint density at radius 2 is 2.08 bits per heavy atom. The fraction of sp³-hybridized carbons (Fsp3) is 0.143. The summed E-state index contributed by atoms with van der Waals surface area (Å²) >= 11 is 3.68.